The van der Waals surface area contributed by atoms with Gasteiger partial charge in [0.1, 0.15) is 0 Å². The third-order valence-corrected chi connectivity index (χ3v) is 5.29. The fraction of sp³-hybridized carbons (Fsp3) is 0.300. The Hall–Kier alpha value is -2.33. The molecule has 5 rings (SSSR count). The lowest BCUT2D eigenvalue weighted by atomic mass is 9.71. The zero-order valence-electron chi connectivity index (χ0n) is 13.7. The maximum absolute atomic E-state index is 12.5. The van der Waals surface area contributed by atoms with Crippen molar-refractivity contribution in [3.8, 4) is 0 Å². The third kappa shape index (κ3) is 2.44. The minimum atomic E-state index is -0.962. The molecule has 0 radical (unpaired) electrons. The number of halogens is 1. The fourth-order valence-electron chi connectivity index (χ4n) is 3.91. The van der Waals surface area contributed by atoms with Gasteiger partial charge < -0.3 is 9.47 Å². The van der Waals surface area contributed by atoms with Crippen molar-refractivity contribution in [3.05, 3.63) is 70.3 Å². The molecular formula is C20H17ClO4. The molecule has 4 nitrogen and oxygen atoms in total. The number of carbonyl (C=O) groups is 2. The van der Waals surface area contributed by atoms with E-state index in [-0.39, 0.29) is 24.0 Å². The van der Waals surface area contributed by atoms with Gasteiger partial charge in [0.25, 0.3) is 0 Å². The van der Waals surface area contributed by atoms with Crippen molar-refractivity contribution >= 4 is 23.5 Å². The molecule has 0 amide bonds. The van der Waals surface area contributed by atoms with Gasteiger partial charge in [0, 0.05) is 16.5 Å². The minimum absolute atomic E-state index is 0.00395. The van der Waals surface area contributed by atoms with Gasteiger partial charge in [-0.2, -0.15) is 0 Å². The average Bonchev–Trinajstić information content (AvgIpc) is 2.71. The molecule has 4 aliphatic rings. The highest BCUT2D eigenvalue weighted by Crippen LogP contribution is 2.53. The largest absolute Gasteiger partial charge is 0.462 e. The summed E-state index contributed by atoms with van der Waals surface area (Å²) in [7, 11) is 0. The second-order valence-corrected chi connectivity index (χ2v) is 6.85. The first-order chi connectivity index (χ1) is 12.0. The molecule has 128 valence electrons. The van der Waals surface area contributed by atoms with E-state index < -0.39 is 17.5 Å². The van der Waals surface area contributed by atoms with Crippen LogP contribution in [-0.2, 0) is 19.1 Å². The lowest BCUT2D eigenvalue weighted by Crippen LogP contribution is -2.39. The van der Waals surface area contributed by atoms with Gasteiger partial charge in [0.05, 0.1) is 6.61 Å². The predicted molar refractivity (Wildman–Crippen MR) is 93.1 cm³/mol. The summed E-state index contributed by atoms with van der Waals surface area (Å²) in [6.07, 6.45) is 8.61. The van der Waals surface area contributed by atoms with Crippen LogP contribution in [0.2, 0.25) is 5.02 Å². The summed E-state index contributed by atoms with van der Waals surface area (Å²) in [4.78, 5) is 24.8. The highest BCUT2D eigenvalue weighted by molar-refractivity contribution is 6.30. The minimum Gasteiger partial charge on any atom is -0.462 e. The molecule has 0 N–H and O–H groups in total. The van der Waals surface area contributed by atoms with Gasteiger partial charge in [0.15, 0.2) is 11.2 Å². The van der Waals surface area contributed by atoms with Crippen molar-refractivity contribution in [2.45, 2.75) is 24.9 Å². The number of benzene rings is 1. The summed E-state index contributed by atoms with van der Waals surface area (Å²) in [5, 5.41) is 0.653. The van der Waals surface area contributed by atoms with E-state index in [0.717, 1.165) is 12.0 Å². The number of carbonyl (C=O) groups excluding carboxylic acids is 2. The molecule has 1 spiro atoms. The normalized spacial score (nSPS) is 29.4. The van der Waals surface area contributed by atoms with Crippen molar-refractivity contribution in [2.75, 3.05) is 6.61 Å². The first kappa shape index (κ1) is 16.2. The van der Waals surface area contributed by atoms with Crippen LogP contribution >= 0.6 is 11.6 Å². The van der Waals surface area contributed by atoms with Crippen LogP contribution in [-0.4, -0.2) is 24.1 Å². The highest BCUT2D eigenvalue weighted by atomic mass is 35.5. The zero-order valence-corrected chi connectivity index (χ0v) is 14.5. The van der Waals surface area contributed by atoms with E-state index in [2.05, 4.69) is 0 Å². The summed E-state index contributed by atoms with van der Waals surface area (Å²) in [6, 6.07) is 7.56. The predicted octanol–water partition coefficient (Wildman–Crippen LogP) is 3.72. The second-order valence-electron chi connectivity index (χ2n) is 6.41. The van der Waals surface area contributed by atoms with Crippen LogP contribution < -0.4 is 0 Å². The molecule has 3 aliphatic carbocycles. The van der Waals surface area contributed by atoms with Gasteiger partial charge in [-0.25, -0.2) is 9.59 Å². The average molecular weight is 357 g/mol. The van der Waals surface area contributed by atoms with E-state index >= 15 is 0 Å². The van der Waals surface area contributed by atoms with E-state index in [1.54, 1.807) is 6.92 Å². The van der Waals surface area contributed by atoms with Crippen molar-refractivity contribution in [1.82, 2.24) is 0 Å². The van der Waals surface area contributed by atoms with E-state index in [9.17, 15) is 9.59 Å². The van der Waals surface area contributed by atoms with Crippen LogP contribution in [0.5, 0.6) is 0 Å². The molecule has 0 unspecified atom stereocenters. The van der Waals surface area contributed by atoms with Crippen LogP contribution in [0.1, 0.15) is 24.8 Å². The quantitative estimate of drug-likeness (QED) is 0.470. The molecule has 25 heavy (non-hydrogen) atoms. The third-order valence-electron chi connectivity index (χ3n) is 5.03. The number of fused-ring (bicyclic) bond motifs is 1. The van der Waals surface area contributed by atoms with Crippen molar-refractivity contribution in [2.24, 2.45) is 5.92 Å². The molecule has 0 fully saturated rings. The van der Waals surface area contributed by atoms with Gasteiger partial charge >= 0.3 is 11.9 Å². The molecule has 1 aromatic carbocycles. The van der Waals surface area contributed by atoms with Crippen molar-refractivity contribution in [1.29, 1.82) is 0 Å². The van der Waals surface area contributed by atoms with Crippen LogP contribution in [0, 0.1) is 5.92 Å². The molecule has 3 atom stereocenters. The summed E-state index contributed by atoms with van der Waals surface area (Å²) in [6.45, 7) is 1.92. The van der Waals surface area contributed by atoms with E-state index in [0.29, 0.717) is 10.6 Å². The Morgan fingerprint density at radius 3 is 2.80 bits per heavy atom. The molecule has 0 aromatic heterocycles. The van der Waals surface area contributed by atoms with Gasteiger partial charge in [0.2, 0.25) is 0 Å². The Morgan fingerprint density at radius 2 is 2.08 bits per heavy atom. The molecule has 2 bridgehead atoms. The molecule has 1 aliphatic heterocycles. The smallest absolute Gasteiger partial charge is 0.347 e. The summed E-state index contributed by atoms with van der Waals surface area (Å²) in [5.74, 6) is -1.10. The Labute approximate surface area is 150 Å². The molecule has 1 heterocycles. The van der Waals surface area contributed by atoms with E-state index in [1.807, 2.05) is 48.6 Å². The van der Waals surface area contributed by atoms with Crippen LogP contribution in [0.4, 0.5) is 0 Å². The van der Waals surface area contributed by atoms with E-state index in [4.69, 9.17) is 21.1 Å². The van der Waals surface area contributed by atoms with Gasteiger partial charge in [-0.15, -0.1) is 0 Å². The number of rotatable bonds is 3. The number of hydrogen-bond acceptors (Lipinski definition) is 4. The van der Waals surface area contributed by atoms with Gasteiger partial charge in [-0.3, -0.25) is 0 Å². The molecular weight excluding hydrogens is 340 g/mol. The summed E-state index contributed by atoms with van der Waals surface area (Å²) >= 11 is 6.01. The van der Waals surface area contributed by atoms with Crippen LogP contribution in [0.25, 0.3) is 0 Å². The lowest BCUT2D eigenvalue weighted by molar-refractivity contribution is -0.149. The molecule has 1 aromatic rings. The Balaban J connectivity index is 1.87. The van der Waals surface area contributed by atoms with Crippen molar-refractivity contribution < 1.29 is 19.1 Å². The van der Waals surface area contributed by atoms with E-state index in [1.165, 1.54) is 0 Å². The standard InChI is InChI=1S/C20H17ClO4/c1-2-24-18(22)17-15-8-3-12-9-10-20(15,25-19(17)23)16(11-12)13-4-6-14(21)7-5-13/h3-10,12,16H,2,11H2,1H3/t12-,16-,20+/m0/s1. The Bertz CT molecular complexity index is 834. The number of esters is 2. The first-order valence-electron chi connectivity index (χ1n) is 8.33. The second kappa shape index (κ2) is 5.88. The monoisotopic (exact) mass is 356 g/mol. The lowest BCUT2D eigenvalue weighted by Gasteiger charge is -2.38. The SMILES string of the molecule is CCOC(=O)C1=C2C=C[C@H]3C=C[C@]2(OC1=O)[C@H](c1ccc(Cl)cc1)C3. The maximum atomic E-state index is 12.5. The fourth-order valence-corrected chi connectivity index (χ4v) is 4.03. The highest BCUT2D eigenvalue weighted by Gasteiger charge is 2.55. The van der Waals surface area contributed by atoms with Gasteiger partial charge in [-0.1, -0.05) is 42.0 Å². The number of ether oxygens (including phenoxy) is 2. The summed E-state index contributed by atoms with van der Waals surface area (Å²) in [5.41, 5.74) is 0.658. The van der Waals surface area contributed by atoms with Crippen LogP contribution in [0.3, 0.4) is 0 Å². The van der Waals surface area contributed by atoms with Gasteiger partial charge in [-0.05, 0) is 43.0 Å². The van der Waals surface area contributed by atoms with Crippen molar-refractivity contribution in [3.63, 3.8) is 0 Å². The summed E-state index contributed by atoms with van der Waals surface area (Å²) < 4.78 is 10.9. The van der Waals surface area contributed by atoms with Crippen LogP contribution in [0.15, 0.2) is 59.7 Å². The zero-order chi connectivity index (χ0) is 17.6. The molecule has 0 saturated heterocycles. The topological polar surface area (TPSA) is 52.6 Å². The number of allylic oxidation sites excluding steroid dienone is 2. The number of hydrogen-bond donors (Lipinski definition) is 0. The molecule has 0 saturated carbocycles. The Kier molecular flexibility index (Phi) is 3.80. The molecule has 5 heteroatoms. The first-order valence-corrected chi connectivity index (χ1v) is 8.71. The maximum Gasteiger partial charge on any atom is 0.347 e. The Morgan fingerprint density at radius 1 is 1.32 bits per heavy atom.